The summed E-state index contributed by atoms with van der Waals surface area (Å²) in [6, 6.07) is 18.5. The number of para-hydroxylation sites is 1. The van der Waals surface area contributed by atoms with Crippen molar-refractivity contribution in [1.82, 2.24) is 0 Å². The SMILES string of the molecule is CC1c2ccc(Oc3ccc(C(=O)Nc4ccccc4C(=O)O)cc3)cc2C=CC1O. The van der Waals surface area contributed by atoms with Crippen LogP contribution in [0.25, 0.3) is 6.08 Å². The van der Waals surface area contributed by atoms with Crippen LogP contribution in [-0.4, -0.2) is 28.2 Å². The van der Waals surface area contributed by atoms with E-state index in [9.17, 15) is 19.8 Å². The normalized spacial score (nSPS) is 17.0. The van der Waals surface area contributed by atoms with Crippen molar-refractivity contribution < 1.29 is 24.5 Å². The van der Waals surface area contributed by atoms with Gasteiger partial charge >= 0.3 is 5.97 Å². The highest BCUT2D eigenvalue weighted by Gasteiger charge is 2.20. The van der Waals surface area contributed by atoms with Gasteiger partial charge in [0.05, 0.1) is 17.4 Å². The van der Waals surface area contributed by atoms with Gasteiger partial charge in [-0.2, -0.15) is 0 Å². The number of amides is 1. The van der Waals surface area contributed by atoms with Crippen LogP contribution in [0, 0.1) is 0 Å². The molecule has 1 amide bonds. The van der Waals surface area contributed by atoms with Crippen molar-refractivity contribution in [3.63, 3.8) is 0 Å². The van der Waals surface area contributed by atoms with E-state index in [2.05, 4.69) is 5.32 Å². The molecule has 0 aliphatic heterocycles. The number of aromatic carboxylic acids is 1. The number of anilines is 1. The average molecular weight is 415 g/mol. The first kappa shape index (κ1) is 20.4. The van der Waals surface area contributed by atoms with E-state index < -0.39 is 18.0 Å². The Bertz CT molecular complexity index is 1170. The molecular formula is C25H21NO5. The Kier molecular flexibility index (Phi) is 5.56. The van der Waals surface area contributed by atoms with Crippen LogP contribution < -0.4 is 10.1 Å². The van der Waals surface area contributed by atoms with Crippen LogP contribution in [0.15, 0.2) is 72.8 Å². The summed E-state index contributed by atoms with van der Waals surface area (Å²) in [5.74, 6) is -0.275. The van der Waals surface area contributed by atoms with Crippen molar-refractivity contribution in [2.75, 3.05) is 5.32 Å². The van der Waals surface area contributed by atoms with E-state index in [-0.39, 0.29) is 17.2 Å². The van der Waals surface area contributed by atoms with Gasteiger partial charge in [0.25, 0.3) is 5.91 Å². The molecule has 0 fully saturated rings. The van der Waals surface area contributed by atoms with Gasteiger partial charge in [0, 0.05) is 11.5 Å². The lowest BCUT2D eigenvalue weighted by atomic mass is 9.86. The van der Waals surface area contributed by atoms with Crippen molar-refractivity contribution in [3.8, 4) is 11.5 Å². The summed E-state index contributed by atoms with van der Waals surface area (Å²) in [5.41, 5.74) is 2.71. The first-order chi connectivity index (χ1) is 14.9. The first-order valence-electron chi connectivity index (χ1n) is 9.84. The lowest BCUT2D eigenvalue weighted by Crippen LogP contribution is -2.16. The molecule has 3 aromatic carbocycles. The van der Waals surface area contributed by atoms with Gasteiger partial charge in [-0.15, -0.1) is 0 Å². The van der Waals surface area contributed by atoms with Crippen LogP contribution in [0.3, 0.4) is 0 Å². The van der Waals surface area contributed by atoms with E-state index >= 15 is 0 Å². The summed E-state index contributed by atoms with van der Waals surface area (Å²) in [6.07, 6.45) is 3.17. The minimum atomic E-state index is -1.11. The Morgan fingerprint density at radius 3 is 2.42 bits per heavy atom. The van der Waals surface area contributed by atoms with Gasteiger partial charge in [-0.05, 0) is 59.7 Å². The summed E-state index contributed by atoms with van der Waals surface area (Å²) in [7, 11) is 0. The summed E-state index contributed by atoms with van der Waals surface area (Å²) in [5, 5.41) is 21.8. The molecule has 6 heteroatoms. The molecule has 3 N–H and O–H groups in total. The molecule has 4 rings (SSSR count). The third-order valence-corrected chi connectivity index (χ3v) is 5.29. The monoisotopic (exact) mass is 415 g/mol. The molecule has 31 heavy (non-hydrogen) atoms. The predicted octanol–water partition coefficient (Wildman–Crippen LogP) is 4.92. The Morgan fingerprint density at radius 2 is 1.68 bits per heavy atom. The minimum Gasteiger partial charge on any atom is -0.478 e. The molecule has 1 aliphatic carbocycles. The van der Waals surface area contributed by atoms with E-state index in [0.717, 1.165) is 11.1 Å². The molecule has 0 aromatic heterocycles. The van der Waals surface area contributed by atoms with E-state index in [1.807, 2.05) is 31.2 Å². The Balaban J connectivity index is 1.46. The maximum Gasteiger partial charge on any atom is 0.337 e. The number of carbonyl (C=O) groups is 2. The van der Waals surface area contributed by atoms with Crippen LogP contribution in [0.2, 0.25) is 0 Å². The zero-order chi connectivity index (χ0) is 22.0. The lowest BCUT2D eigenvalue weighted by molar-refractivity contribution is 0.0698. The van der Waals surface area contributed by atoms with Crippen LogP contribution in [0.1, 0.15) is 44.7 Å². The number of hydrogen-bond donors (Lipinski definition) is 3. The largest absolute Gasteiger partial charge is 0.478 e. The summed E-state index contributed by atoms with van der Waals surface area (Å²) < 4.78 is 5.90. The topological polar surface area (TPSA) is 95.9 Å². The van der Waals surface area contributed by atoms with Crippen LogP contribution in [-0.2, 0) is 0 Å². The van der Waals surface area contributed by atoms with Crippen LogP contribution in [0.5, 0.6) is 11.5 Å². The number of aliphatic hydroxyl groups excluding tert-OH is 1. The molecule has 0 saturated carbocycles. The van der Waals surface area contributed by atoms with Gasteiger partial charge in [-0.25, -0.2) is 4.79 Å². The number of carboxylic acid groups (broad SMARTS) is 1. The van der Waals surface area contributed by atoms with Gasteiger partial charge in [0.2, 0.25) is 0 Å². The van der Waals surface area contributed by atoms with Crippen molar-refractivity contribution in [3.05, 3.63) is 95.1 Å². The van der Waals surface area contributed by atoms with Crippen LogP contribution in [0.4, 0.5) is 5.69 Å². The molecule has 0 heterocycles. The first-order valence-corrected chi connectivity index (χ1v) is 9.84. The quantitative estimate of drug-likeness (QED) is 0.550. The number of carboxylic acids is 1. The van der Waals surface area contributed by atoms with Gasteiger partial charge in [0.15, 0.2) is 0 Å². The molecule has 3 aromatic rings. The van der Waals surface area contributed by atoms with Gasteiger partial charge in [0.1, 0.15) is 11.5 Å². The molecule has 0 bridgehead atoms. The number of carbonyl (C=O) groups excluding carboxylic acids is 1. The lowest BCUT2D eigenvalue weighted by Gasteiger charge is -2.23. The second-order valence-electron chi connectivity index (χ2n) is 7.36. The van der Waals surface area contributed by atoms with E-state index in [1.54, 1.807) is 48.5 Å². The minimum absolute atomic E-state index is 0.0260. The fourth-order valence-corrected chi connectivity index (χ4v) is 3.51. The summed E-state index contributed by atoms with van der Waals surface area (Å²) in [6.45, 7) is 1.98. The van der Waals surface area contributed by atoms with Crippen molar-refractivity contribution >= 4 is 23.6 Å². The standard InChI is InChI=1S/C25H21NO5/c1-15-20-12-11-19(14-17(20)8-13-23(15)27)31-18-9-6-16(7-10-18)24(28)26-22-5-3-2-4-21(22)25(29)30/h2-15,23,27H,1H3,(H,26,28)(H,29,30). The van der Waals surface area contributed by atoms with Crippen molar-refractivity contribution in [2.24, 2.45) is 0 Å². The number of rotatable bonds is 5. The number of hydrogen-bond acceptors (Lipinski definition) is 4. The second kappa shape index (κ2) is 8.45. The predicted molar refractivity (Wildman–Crippen MR) is 118 cm³/mol. The summed E-state index contributed by atoms with van der Waals surface area (Å²) in [4.78, 5) is 23.8. The Morgan fingerprint density at radius 1 is 0.968 bits per heavy atom. The van der Waals surface area contributed by atoms with E-state index in [1.165, 1.54) is 6.07 Å². The second-order valence-corrected chi connectivity index (χ2v) is 7.36. The van der Waals surface area contributed by atoms with Crippen molar-refractivity contribution in [2.45, 2.75) is 18.9 Å². The van der Waals surface area contributed by atoms with Crippen molar-refractivity contribution in [1.29, 1.82) is 0 Å². The molecule has 0 saturated heterocycles. The number of ether oxygens (including phenoxy) is 1. The van der Waals surface area contributed by atoms with E-state index in [0.29, 0.717) is 17.1 Å². The fraction of sp³-hybridized carbons (Fsp3) is 0.120. The highest BCUT2D eigenvalue weighted by atomic mass is 16.5. The van der Waals surface area contributed by atoms with Gasteiger partial charge < -0.3 is 20.3 Å². The zero-order valence-corrected chi connectivity index (χ0v) is 16.8. The fourth-order valence-electron chi connectivity index (χ4n) is 3.51. The number of benzene rings is 3. The number of aliphatic hydroxyl groups is 1. The Labute approximate surface area is 179 Å². The number of fused-ring (bicyclic) bond motifs is 1. The molecule has 1 aliphatic rings. The molecule has 2 atom stereocenters. The molecule has 156 valence electrons. The highest BCUT2D eigenvalue weighted by molar-refractivity contribution is 6.07. The third kappa shape index (κ3) is 4.34. The molecule has 0 radical (unpaired) electrons. The zero-order valence-electron chi connectivity index (χ0n) is 16.8. The average Bonchev–Trinajstić information content (AvgIpc) is 2.77. The van der Waals surface area contributed by atoms with E-state index in [4.69, 9.17) is 4.74 Å². The van der Waals surface area contributed by atoms with Crippen LogP contribution >= 0.6 is 0 Å². The smallest absolute Gasteiger partial charge is 0.337 e. The third-order valence-electron chi connectivity index (χ3n) is 5.29. The molecular weight excluding hydrogens is 394 g/mol. The van der Waals surface area contributed by atoms with Gasteiger partial charge in [-0.1, -0.05) is 37.3 Å². The maximum absolute atomic E-state index is 12.5. The maximum atomic E-state index is 12.5. The molecule has 2 unspecified atom stereocenters. The molecule has 6 nitrogen and oxygen atoms in total. The number of nitrogens with one attached hydrogen (secondary N) is 1. The Hall–Kier alpha value is -3.90. The van der Waals surface area contributed by atoms with Gasteiger partial charge in [-0.3, -0.25) is 4.79 Å². The highest BCUT2D eigenvalue weighted by Crippen LogP contribution is 2.33. The summed E-state index contributed by atoms with van der Waals surface area (Å²) >= 11 is 0. The molecule has 0 spiro atoms.